The van der Waals surface area contributed by atoms with Gasteiger partial charge in [0.25, 0.3) is 0 Å². The fourth-order valence-electron chi connectivity index (χ4n) is 2.47. The summed E-state index contributed by atoms with van der Waals surface area (Å²) in [5.41, 5.74) is 1.89. The first kappa shape index (κ1) is 15.5. The molecule has 2 amide bonds. The first-order chi connectivity index (χ1) is 9.87. The quantitative estimate of drug-likeness (QED) is 0.774. The van der Waals surface area contributed by atoms with Gasteiger partial charge in [-0.05, 0) is 38.3 Å². The Bertz CT molecular complexity index is 535. The Morgan fingerprint density at radius 2 is 2.00 bits per heavy atom. The van der Waals surface area contributed by atoms with E-state index in [1.807, 2.05) is 45.0 Å². The number of benzene rings is 1. The molecule has 0 fully saturated rings. The Hall–Kier alpha value is -1.88. The van der Waals surface area contributed by atoms with Crippen molar-refractivity contribution in [3.8, 4) is 0 Å². The normalized spacial score (nSPS) is 17.8. The lowest BCUT2D eigenvalue weighted by Crippen LogP contribution is -2.48. The Kier molecular flexibility index (Phi) is 4.63. The summed E-state index contributed by atoms with van der Waals surface area (Å²) in [6, 6.07) is 7.54. The number of hydrogen-bond donors (Lipinski definition) is 3. The van der Waals surface area contributed by atoms with Crippen LogP contribution in [0.1, 0.15) is 37.9 Å². The summed E-state index contributed by atoms with van der Waals surface area (Å²) in [5, 5.41) is 8.73. The van der Waals surface area contributed by atoms with E-state index in [1.165, 1.54) is 5.56 Å². The highest BCUT2D eigenvalue weighted by atomic mass is 16.2. The fraction of sp³-hybridized carbons (Fsp3) is 0.500. The molecule has 0 aliphatic carbocycles. The van der Waals surface area contributed by atoms with E-state index >= 15 is 0 Å². The number of hydrogen-bond acceptors (Lipinski definition) is 3. The highest BCUT2D eigenvalue weighted by Gasteiger charge is 2.26. The monoisotopic (exact) mass is 289 g/mol. The van der Waals surface area contributed by atoms with Crippen LogP contribution < -0.4 is 16.0 Å². The molecule has 2 rings (SSSR count). The van der Waals surface area contributed by atoms with Crippen LogP contribution >= 0.6 is 0 Å². The van der Waals surface area contributed by atoms with Crippen molar-refractivity contribution >= 4 is 11.8 Å². The van der Waals surface area contributed by atoms with Gasteiger partial charge in [-0.2, -0.15) is 0 Å². The molecule has 5 heteroatoms. The fourth-order valence-corrected chi connectivity index (χ4v) is 2.47. The van der Waals surface area contributed by atoms with Gasteiger partial charge in [0.05, 0.1) is 6.54 Å². The molecule has 0 bridgehead atoms. The third-order valence-electron chi connectivity index (χ3n) is 3.31. The molecular weight excluding hydrogens is 266 g/mol. The average molecular weight is 289 g/mol. The van der Waals surface area contributed by atoms with Gasteiger partial charge in [-0.3, -0.25) is 9.59 Å². The van der Waals surface area contributed by atoms with Gasteiger partial charge in [0, 0.05) is 12.1 Å². The summed E-state index contributed by atoms with van der Waals surface area (Å²) in [6.07, 6.45) is 0.921. The average Bonchev–Trinajstić information content (AvgIpc) is 2.42. The number of rotatable bonds is 3. The molecule has 1 aromatic carbocycles. The highest BCUT2D eigenvalue weighted by Crippen LogP contribution is 2.22. The molecule has 1 aromatic rings. The molecule has 21 heavy (non-hydrogen) atoms. The molecule has 1 aliphatic heterocycles. The van der Waals surface area contributed by atoms with Crippen LogP contribution in [0, 0.1) is 0 Å². The molecule has 0 saturated heterocycles. The van der Waals surface area contributed by atoms with Crippen molar-refractivity contribution in [2.24, 2.45) is 0 Å². The maximum absolute atomic E-state index is 12.3. The van der Waals surface area contributed by atoms with Crippen molar-refractivity contribution in [3.05, 3.63) is 35.4 Å². The topological polar surface area (TPSA) is 70.2 Å². The molecule has 3 N–H and O–H groups in total. The van der Waals surface area contributed by atoms with Crippen LogP contribution in [-0.2, 0) is 16.0 Å². The van der Waals surface area contributed by atoms with Crippen LogP contribution in [0.4, 0.5) is 0 Å². The number of carbonyl (C=O) groups excluding carboxylic acids is 2. The minimum absolute atomic E-state index is 0.00352. The van der Waals surface area contributed by atoms with Crippen LogP contribution in [0.5, 0.6) is 0 Å². The van der Waals surface area contributed by atoms with E-state index in [9.17, 15) is 9.59 Å². The first-order valence-corrected chi connectivity index (χ1v) is 7.27. The van der Waals surface area contributed by atoms with Crippen LogP contribution in [-0.4, -0.2) is 30.4 Å². The minimum atomic E-state index is -0.377. The predicted molar refractivity (Wildman–Crippen MR) is 81.8 cm³/mol. The van der Waals surface area contributed by atoms with Gasteiger partial charge >= 0.3 is 0 Å². The number of amides is 2. The van der Waals surface area contributed by atoms with Crippen LogP contribution in [0.15, 0.2) is 24.3 Å². The molecule has 1 heterocycles. The van der Waals surface area contributed by atoms with E-state index in [4.69, 9.17) is 0 Å². The molecule has 0 saturated carbocycles. The second kappa shape index (κ2) is 6.26. The van der Waals surface area contributed by atoms with Gasteiger partial charge in [0.1, 0.15) is 6.04 Å². The smallest absolute Gasteiger partial charge is 0.242 e. The zero-order valence-corrected chi connectivity index (χ0v) is 12.8. The number of fused-ring (bicyclic) bond motifs is 1. The molecule has 1 unspecified atom stereocenters. The first-order valence-electron chi connectivity index (χ1n) is 7.27. The van der Waals surface area contributed by atoms with E-state index in [-0.39, 0.29) is 29.9 Å². The van der Waals surface area contributed by atoms with Crippen molar-refractivity contribution in [1.29, 1.82) is 0 Å². The Balaban J connectivity index is 1.95. The van der Waals surface area contributed by atoms with E-state index < -0.39 is 0 Å². The molecule has 5 nitrogen and oxygen atoms in total. The lowest BCUT2D eigenvalue weighted by atomic mass is 9.94. The summed E-state index contributed by atoms with van der Waals surface area (Å²) >= 11 is 0. The molecule has 0 radical (unpaired) electrons. The van der Waals surface area contributed by atoms with Crippen LogP contribution in [0.25, 0.3) is 0 Å². The highest BCUT2D eigenvalue weighted by molar-refractivity contribution is 5.88. The van der Waals surface area contributed by atoms with Gasteiger partial charge in [-0.25, -0.2) is 0 Å². The van der Waals surface area contributed by atoms with Gasteiger partial charge in [0.15, 0.2) is 0 Å². The lowest BCUT2D eigenvalue weighted by molar-refractivity contribution is -0.128. The largest absolute Gasteiger partial charge is 0.350 e. The van der Waals surface area contributed by atoms with Crippen LogP contribution in [0.2, 0.25) is 0 Å². The SMILES string of the molecule is CC(C)(C)NC(=O)CNC(=O)C1NCCc2ccccc21. The summed E-state index contributed by atoms with van der Waals surface area (Å²) < 4.78 is 0. The zero-order chi connectivity index (χ0) is 15.5. The Morgan fingerprint density at radius 3 is 2.71 bits per heavy atom. The Morgan fingerprint density at radius 1 is 1.29 bits per heavy atom. The van der Waals surface area contributed by atoms with E-state index in [2.05, 4.69) is 16.0 Å². The second-order valence-electron chi connectivity index (χ2n) is 6.35. The second-order valence-corrected chi connectivity index (χ2v) is 6.35. The number of carbonyl (C=O) groups is 2. The third kappa shape index (κ3) is 4.29. The van der Waals surface area contributed by atoms with Crippen LogP contribution in [0.3, 0.4) is 0 Å². The van der Waals surface area contributed by atoms with E-state index in [0.717, 1.165) is 18.5 Å². The van der Waals surface area contributed by atoms with Gasteiger partial charge in [-0.1, -0.05) is 24.3 Å². The maximum atomic E-state index is 12.3. The lowest BCUT2D eigenvalue weighted by Gasteiger charge is -2.26. The molecule has 0 spiro atoms. The third-order valence-corrected chi connectivity index (χ3v) is 3.31. The van der Waals surface area contributed by atoms with Gasteiger partial charge in [-0.15, -0.1) is 0 Å². The maximum Gasteiger partial charge on any atom is 0.242 e. The van der Waals surface area contributed by atoms with Crippen molar-refractivity contribution < 1.29 is 9.59 Å². The standard InChI is InChI=1S/C16H23N3O2/c1-16(2,3)19-13(20)10-18-15(21)14-12-7-5-4-6-11(12)8-9-17-14/h4-7,14,17H,8-10H2,1-3H3,(H,18,21)(H,19,20). The van der Waals surface area contributed by atoms with E-state index in [1.54, 1.807) is 0 Å². The molecular formula is C16H23N3O2. The zero-order valence-electron chi connectivity index (χ0n) is 12.8. The predicted octanol–water partition coefficient (Wildman–Crippen LogP) is 0.904. The van der Waals surface area contributed by atoms with Gasteiger partial charge in [0.2, 0.25) is 11.8 Å². The van der Waals surface area contributed by atoms with E-state index in [0.29, 0.717) is 0 Å². The molecule has 1 atom stereocenters. The molecule has 0 aromatic heterocycles. The van der Waals surface area contributed by atoms with Crippen molar-refractivity contribution in [3.63, 3.8) is 0 Å². The van der Waals surface area contributed by atoms with Crippen molar-refractivity contribution in [2.75, 3.05) is 13.1 Å². The summed E-state index contributed by atoms with van der Waals surface area (Å²) in [4.78, 5) is 24.0. The summed E-state index contributed by atoms with van der Waals surface area (Å²) in [6.45, 7) is 6.49. The van der Waals surface area contributed by atoms with Crippen molar-refractivity contribution in [1.82, 2.24) is 16.0 Å². The summed E-state index contributed by atoms with van der Waals surface area (Å²) in [5.74, 6) is -0.342. The minimum Gasteiger partial charge on any atom is -0.350 e. The van der Waals surface area contributed by atoms with Crippen molar-refractivity contribution in [2.45, 2.75) is 38.8 Å². The van der Waals surface area contributed by atoms with Gasteiger partial charge < -0.3 is 16.0 Å². The number of nitrogens with one attached hydrogen (secondary N) is 3. The Labute approximate surface area is 125 Å². The molecule has 114 valence electrons. The molecule has 1 aliphatic rings. The summed E-state index contributed by atoms with van der Waals surface area (Å²) in [7, 11) is 0.